The number of halogens is 1. The lowest BCUT2D eigenvalue weighted by atomic mass is 10.1. The van der Waals surface area contributed by atoms with E-state index in [0.29, 0.717) is 16.5 Å². The van der Waals surface area contributed by atoms with Crippen molar-refractivity contribution >= 4 is 23.5 Å². The summed E-state index contributed by atoms with van der Waals surface area (Å²) in [6.07, 6.45) is 0. The highest BCUT2D eigenvalue weighted by Crippen LogP contribution is 2.24. The van der Waals surface area contributed by atoms with Crippen LogP contribution >= 0.6 is 11.6 Å². The van der Waals surface area contributed by atoms with Gasteiger partial charge in [-0.1, -0.05) is 23.7 Å². The number of benzene rings is 2. The van der Waals surface area contributed by atoms with Crippen LogP contribution in [0.4, 0.5) is 0 Å². The molecule has 0 radical (unpaired) electrons. The van der Waals surface area contributed by atoms with Gasteiger partial charge in [-0.25, -0.2) is 4.79 Å². The second-order valence-corrected chi connectivity index (χ2v) is 5.92. The third-order valence-electron chi connectivity index (χ3n) is 3.71. The van der Waals surface area contributed by atoms with Crippen LogP contribution in [0.3, 0.4) is 0 Å². The first-order chi connectivity index (χ1) is 12.4. The van der Waals surface area contributed by atoms with Gasteiger partial charge < -0.3 is 19.5 Å². The van der Waals surface area contributed by atoms with Gasteiger partial charge in [-0.15, -0.1) is 0 Å². The highest BCUT2D eigenvalue weighted by atomic mass is 35.5. The number of esters is 1. The molecule has 138 valence electrons. The van der Waals surface area contributed by atoms with Crippen LogP contribution < -0.4 is 14.8 Å². The van der Waals surface area contributed by atoms with Crippen LogP contribution in [0.2, 0.25) is 5.02 Å². The van der Waals surface area contributed by atoms with Gasteiger partial charge in [0.05, 0.1) is 20.3 Å². The maximum absolute atomic E-state index is 12.2. The summed E-state index contributed by atoms with van der Waals surface area (Å²) in [4.78, 5) is 24.3. The van der Waals surface area contributed by atoms with Crippen molar-refractivity contribution in [2.24, 2.45) is 0 Å². The van der Waals surface area contributed by atoms with Gasteiger partial charge in [0.1, 0.15) is 17.1 Å². The molecule has 7 heteroatoms. The third kappa shape index (κ3) is 5.13. The van der Waals surface area contributed by atoms with Gasteiger partial charge >= 0.3 is 5.97 Å². The van der Waals surface area contributed by atoms with Crippen molar-refractivity contribution in [3.05, 3.63) is 58.6 Å². The Bertz CT molecular complexity index is 776. The van der Waals surface area contributed by atoms with Gasteiger partial charge in [-0.3, -0.25) is 4.79 Å². The van der Waals surface area contributed by atoms with E-state index in [1.807, 2.05) is 19.1 Å². The van der Waals surface area contributed by atoms with Gasteiger partial charge in [0.25, 0.3) is 5.91 Å². The standard InChI is InChI=1S/C19H20ClNO5/c1-12(13-4-6-14(20)7-5-13)21-18(22)11-26-19(23)16-10-15(24-2)8-9-17(16)25-3/h4-10,12H,11H2,1-3H3,(H,21,22)/t12-/m0/s1. The fourth-order valence-electron chi connectivity index (χ4n) is 2.30. The van der Waals surface area contributed by atoms with Crippen molar-refractivity contribution in [1.29, 1.82) is 0 Å². The van der Waals surface area contributed by atoms with E-state index >= 15 is 0 Å². The lowest BCUT2D eigenvalue weighted by Gasteiger charge is -2.15. The van der Waals surface area contributed by atoms with Crippen molar-refractivity contribution in [3.8, 4) is 11.5 Å². The molecule has 0 aliphatic heterocycles. The van der Waals surface area contributed by atoms with E-state index in [1.54, 1.807) is 24.3 Å². The summed E-state index contributed by atoms with van der Waals surface area (Å²) >= 11 is 5.85. The quantitative estimate of drug-likeness (QED) is 0.748. The van der Waals surface area contributed by atoms with E-state index in [9.17, 15) is 9.59 Å². The second kappa shape index (κ2) is 9.10. The third-order valence-corrected chi connectivity index (χ3v) is 3.96. The molecule has 1 atom stereocenters. The average Bonchev–Trinajstić information content (AvgIpc) is 2.65. The molecule has 0 bridgehead atoms. The molecule has 0 saturated carbocycles. The fraction of sp³-hybridized carbons (Fsp3) is 0.263. The predicted molar refractivity (Wildman–Crippen MR) is 97.8 cm³/mol. The lowest BCUT2D eigenvalue weighted by Crippen LogP contribution is -2.31. The van der Waals surface area contributed by atoms with Crippen LogP contribution in [0.25, 0.3) is 0 Å². The summed E-state index contributed by atoms with van der Waals surface area (Å²) in [6, 6.07) is 11.6. The number of nitrogens with one attached hydrogen (secondary N) is 1. The highest BCUT2D eigenvalue weighted by molar-refractivity contribution is 6.30. The minimum atomic E-state index is -0.671. The molecule has 0 unspecified atom stereocenters. The number of rotatable bonds is 7. The molecule has 0 saturated heterocycles. The largest absolute Gasteiger partial charge is 0.497 e. The van der Waals surface area contributed by atoms with Crippen molar-refractivity contribution < 1.29 is 23.8 Å². The molecule has 26 heavy (non-hydrogen) atoms. The molecule has 2 aromatic carbocycles. The SMILES string of the molecule is COc1ccc(OC)c(C(=O)OCC(=O)N[C@@H](C)c2ccc(Cl)cc2)c1. The predicted octanol–water partition coefficient (Wildman–Crippen LogP) is 3.39. The molecule has 0 fully saturated rings. The first kappa shape index (κ1) is 19.6. The molecule has 1 N–H and O–H groups in total. The minimum absolute atomic E-state index is 0.186. The van der Waals surface area contributed by atoms with E-state index in [4.69, 9.17) is 25.8 Å². The average molecular weight is 378 g/mol. The normalized spacial score (nSPS) is 11.4. The van der Waals surface area contributed by atoms with Crippen LogP contribution in [0.1, 0.15) is 28.9 Å². The van der Waals surface area contributed by atoms with E-state index in [-0.39, 0.29) is 11.6 Å². The summed E-state index contributed by atoms with van der Waals surface area (Å²) in [5, 5.41) is 3.38. The Balaban J connectivity index is 1.94. The molecule has 6 nitrogen and oxygen atoms in total. The number of amides is 1. The molecule has 1 amide bonds. The maximum Gasteiger partial charge on any atom is 0.342 e. The number of carbonyl (C=O) groups excluding carboxylic acids is 2. The Hall–Kier alpha value is -2.73. The monoisotopic (exact) mass is 377 g/mol. The molecule has 0 heterocycles. The molecule has 0 aromatic heterocycles. The summed E-state index contributed by atoms with van der Waals surface area (Å²) in [5.74, 6) is -0.262. The van der Waals surface area contributed by atoms with Crippen LogP contribution in [-0.4, -0.2) is 32.7 Å². The van der Waals surface area contributed by atoms with Gasteiger partial charge in [0, 0.05) is 5.02 Å². The zero-order valence-electron chi connectivity index (χ0n) is 14.7. The Labute approximate surface area is 157 Å². The molecule has 0 aliphatic rings. The summed E-state index contributed by atoms with van der Waals surface area (Å²) in [7, 11) is 2.93. The number of carbonyl (C=O) groups is 2. The Morgan fingerprint density at radius 3 is 2.38 bits per heavy atom. The number of ether oxygens (including phenoxy) is 3. The molecule has 0 spiro atoms. The fourth-order valence-corrected chi connectivity index (χ4v) is 2.43. The van der Waals surface area contributed by atoms with Crippen molar-refractivity contribution in [3.63, 3.8) is 0 Å². The van der Waals surface area contributed by atoms with Gasteiger partial charge in [-0.2, -0.15) is 0 Å². The summed E-state index contributed by atoms with van der Waals surface area (Å²) < 4.78 is 15.3. The summed E-state index contributed by atoms with van der Waals surface area (Å²) in [5.41, 5.74) is 1.08. The molecule has 2 rings (SSSR count). The van der Waals surface area contributed by atoms with Crippen molar-refractivity contribution in [2.45, 2.75) is 13.0 Å². The molecule has 0 aliphatic carbocycles. The zero-order valence-corrected chi connectivity index (χ0v) is 15.5. The topological polar surface area (TPSA) is 73.9 Å². The Morgan fingerprint density at radius 2 is 1.77 bits per heavy atom. The molecular weight excluding hydrogens is 358 g/mol. The summed E-state index contributed by atoms with van der Waals surface area (Å²) in [6.45, 7) is 1.42. The smallest absolute Gasteiger partial charge is 0.342 e. The first-order valence-electron chi connectivity index (χ1n) is 7.88. The van der Waals surface area contributed by atoms with Crippen LogP contribution in [0.5, 0.6) is 11.5 Å². The van der Waals surface area contributed by atoms with Gasteiger partial charge in [0.2, 0.25) is 0 Å². The van der Waals surface area contributed by atoms with Crippen molar-refractivity contribution in [2.75, 3.05) is 20.8 Å². The Kier molecular flexibility index (Phi) is 6.86. The van der Waals surface area contributed by atoms with E-state index < -0.39 is 18.5 Å². The van der Waals surface area contributed by atoms with Gasteiger partial charge in [0.15, 0.2) is 6.61 Å². The zero-order chi connectivity index (χ0) is 19.1. The first-order valence-corrected chi connectivity index (χ1v) is 8.26. The highest BCUT2D eigenvalue weighted by Gasteiger charge is 2.17. The van der Waals surface area contributed by atoms with E-state index in [2.05, 4.69) is 5.32 Å². The second-order valence-electron chi connectivity index (χ2n) is 5.48. The lowest BCUT2D eigenvalue weighted by molar-refractivity contribution is -0.124. The molecular formula is C19H20ClNO5. The van der Waals surface area contributed by atoms with E-state index in [1.165, 1.54) is 20.3 Å². The number of hydrogen-bond acceptors (Lipinski definition) is 5. The minimum Gasteiger partial charge on any atom is -0.497 e. The van der Waals surface area contributed by atoms with Crippen LogP contribution in [0, 0.1) is 0 Å². The van der Waals surface area contributed by atoms with Crippen molar-refractivity contribution in [1.82, 2.24) is 5.32 Å². The Morgan fingerprint density at radius 1 is 1.08 bits per heavy atom. The molecule has 2 aromatic rings. The maximum atomic E-state index is 12.2. The van der Waals surface area contributed by atoms with Gasteiger partial charge in [-0.05, 0) is 42.8 Å². The van der Waals surface area contributed by atoms with E-state index in [0.717, 1.165) is 5.56 Å². The number of methoxy groups -OCH3 is 2. The van der Waals surface area contributed by atoms with Crippen LogP contribution in [-0.2, 0) is 9.53 Å². The number of hydrogen-bond donors (Lipinski definition) is 1. The van der Waals surface area contributed by atoms with Crippen LogP contribution in [0.15, 0.2) is 42.5 Å².